The van der Waals surface area contributed by atoms with Crippen LogP contribution in [0, 0.1) is 0 Å². The molecule has 2 aliphatic heterocycles. The minimum absolute atomic E-state index is 0.0223. The second kappa shape index (κ2) is 5.12. The number of amides is 2. The van der Waals surface area contributed by atoms with E-state index in [1.54, 1.807) is 14.1 Å². The summed E-state index contributed by atoms with van der Waals surface area (Å²) in [7, 11) is 3.14. The molecule has 1 saturated heterocycles. The minimum atomic E-state index is -1.14. The third-order valence-corrected chi connectivity index (χ3v) is 4.11. The van der Waals surface area contributed by atoms with E-state index in [1.165, 1.54) is 27.6 Å². The van der Waals surface area contributed by atoms with E-state index in [0.717, 1.165) is 0 Å². The van der Waals surface area contributed by atoms with E-state index in [4.69, 9.17) is 9.84 Å². The number of ether oxygens (including phenoxy) is 1. The van der Waals surface area contributed by atoms with Gasteiger partial charge in [0.25, 0.3) is 0 Å². The maximum atomic E-state index is 11.4. The number of hydrogen-bond donors (Lipinski definition) is 1. The van der Waals surface area contributed by atoms with Gasteiger partial charge in [-0.25, -0.2) is 9.59 Å². The number of hydrogen-bond acceptors (Lipinski definition) is 5. The highest BCUT2D eigenvalue weighted by molar-refractivity contribution is 8.00. The van der Waals surface area contributed by atoms with Crippen molar-refractivity contribution >= 4 is 29.7 Å². The second-order valence-corrected chi connectivity index (χ2v) is 5.85. The number of aliphatic carboxylic acids is 1. The quantitative estimate of drug-likeness (QED) is 0.752. The van der Waals surface area contributed by atoms with Crippen LogP contribution in [0.2, 0.25) is 0 Å². The molecular formula is C11H14N2O5S. The Morgan fingerprint density at radius 2 is 2.26 bits per heavy atom. The van der Waals surface area contributed by atoms with Crippen molar-refractivity contribution < 1.29 is 24.2 Å². The largest absolute Gasteiger partial charge is 0.477 e. The number of fused-ring (bicyclic) bond motifs is 1. The third kappa shape index (κ3) is 2.67. The molecule has 2 atom stereocenters. The number of rotatable bonds is 3. The zero-order chi connectivity index (χ0) is 14.2. The number of β-lactam (4-membered cyclic amide) rings is 1. The summed E-state index contributed by atoms with van der Waals surface area (Å²) in [5.41, 5.74) is -0.0223. The fourth-order valence-corrected chi connectivity index (χ4v) is 3.18. The van der Waals surface area contributed by atoms with Crippen LogP contribution in [0.4, 0.5) is 4.79 Å². The van der Waals surface area contributed by atoms with Gasteiger partial charge in [0.05, 0.1) is 17.0 Å². The van der Waals surface area contributed by atoms with Crippen LogP contribution in [0.5, 0.6) is 0 Å². The van der Waals surface area contributed by atoms with E-state index >= 15 is 0 Å². The van der Waals surface area contributed by atoms with Gasteiger partial charge >= 0.3 is 12.1 Å². The predicted molar refractivity (Wildman–Crippen MR) is 67.4 cm³/mol. The molecule has 2 aliphatic rings. The van der Waals surface area contributed by atoms with Gasteiger partial charge in [-0.2, -0.15) is 0 Å². The SMILES string of the molecule is CN(C)C(=O)OCC1C=C(C(=O)O)N2C(=O)C[C@H]2S1. The number of carboxylic acids is 1. The molecule has 104 valence electrons. The molecule has 2 amide bonds. The lowest BCUT2D eigenvalue weighted by molar-refractivity contribution is -0.146. The van der Waals surface area contributed by atoms with Crippen LogP contribution in [0.15, 0.2) is 11.8 Å². The fourth-order valence-electron chi connectivity index (χ4n) is 1.83. The zero-order valence-electron chi connectivity index (χ0n) is 10.5. The molecule has 0 bridgehead atoms. The molecule has 0 aliphatic carbocycles. The first-order chi connectivity index (χ1) is 8.90. The number of nitrogens with zero attached hydrogens (tertiary/aromatic N) is 2. The van der Waals surface area contributed by atoms with Gasteiger partial charge in [-0.1, -0.05) is 0 Å². The van der Waals surface area contributed by atoms with Crippen LogP contribution in [0.3, 0.4) is 0 Å². The Labute approximate surface area is 114 Å². The van der Waals surface area contributed by atoms with Gasteiger partial charge in [0.1, 0.15) is 12.3 Å². The van der Waals surface area contributed by atoms with Gasteiger partial charge in [-0.05, 0) is 6.08 Å². The molecule has 0 aromatic rings. The molecule has 2 rings (SSSR count). The Morgan fingerprint density at radius 1 is 1.58 bits per heavy atom. The molecule has 19 heavy (non-hydrogen) atoms. The van der Waals surface area contributed by atoms with Gasteiger partial charge in [-0.3, -0.25) is 9.69 Å². The Balaban J connectivity index is 2.03. The smallest absolute Gasteiger partial charge is 0.409 e. The summed E-state index contributed by atoms with van der Waals surface area (Å²) in [6.07, 6.45) is 1.31. The summed E-state index contributed by atoms with van der Waals surface area (Å²) >= 11 is 1.43. The van der Waals surface area contributed by atoms with Gasteiger partial charge in [0.15, 0.2) is 0 Å². The van der Waals surface area contributed by atoms with Crippen molar-refractivity contribution in [3.05, 3.63) is 11.8 Å². The Morgan fingerprint density at radius 3 is 2.79 bits per heavy atom. The number of carbonyl (C=O) groups excluding carboxylic acids is 2. The lowest BCUT2D eigenvalue weighted by Crippen LogP contribution is -2.54. The summed E-state index contributed by atoms with van der Waals surface area (Å²) in [5.74, 6) is -1.32. The lowest BCUT2D eigenvalue weighted by Gasteiger charge is -2.44. The van der Waals surface area contributed by atoms with Crippen molar-refractivity contribution in [2.24, 2.45) is 0 Å². The van der Waals surface area contributed by atoms with Crippen LogP contribution in [0.25, 0.3) is 0 Å². The number of carbonyl (C=O) groups is 3. The first kappa shape index (κ1) is 13.7. The van der Waals surface area contributed by atoms with Crippen LogP contribution in [-0.4, -0.2) is 64.2 Å². The Bertz CT molecular complexity index is 462. The zero-order valence-corrected chi connectivity index (χ0v) is 11.3. The Kier molecular flexibility index (Phi) is 3.70. The van der Waals surface area contributed by atoms with E-state index in [9.17, 15) is 14.4 Å². The van der Waals surface area contributed by atoms with Gasteiger partial charge < -0.3 is 14.7 Å². The third-order valence-electron chi connectivity index (χ3n) is 2.80. The highest BCUT2D eigenvalue weighted by atomic mass is 32.2. The molecule has 1 unspecified atom stereocenters. The Hall–Kier alpha value is -1.70. The summed E-state index contributed by atoms with van der Waals surface area (Å²) in [6, 6.07) is 0. The minimum Gasteiger partial charge on any atom is -0.477 e. The maximum Gasteiger partial charge on any atom is 0.409 e. The van der Waals surface area contributed by atoms with Gasteiger partial charge in [0.2, 0.25) is 5.91 Å². The molecule has 0 aromatic heterocycles. The molecule has 0 spiro atoms. The molecule has 1 fully saturated rings. The molecule has 7 nitrogen and oxygen atoms in total. The molecule has 8 heteroatoms. The van der Waals surface area contributed by atoms with Crippen molar-refractivity contribution in [1.29, 1.82) is 0 Å². The standard InChI is InChI=1S/C11H14N2O5S/c1-12(2)11(17)18-5-6-3-7(10(15)16)13-8(14)4-9(13)19-6/h3,6,9H,4-5H2,1-2H3,(H,15,16)/t6?,9-/m1/s1. The van der Waals surface area contributed by atoms with E-state index in [0.29, 0.717) is 6.42 Å². The van der Waals surface area contributed by atoms with Crippen LogP contribution >= 0.6 is 11.8 Å². The fraction of sp³-hybridized carbons (Fsp3) is 0.545. The van der Waals surface area contributed by atoms with E-state index in [-0.39, 0.29) is 28.8 Å². The van der Waals surface area contributed by atoms with E-state index < -0.39 is 12.1 Å². The molecule has 0 saturated carbocycles. The van der Waals surface area contributed by atoms with E-state index in [1.807, 2.05) is 0 Å². The highest BCUT2D eigenvalue weighted by Crippen LogP contribution is 2.40. The first-order valence-corrected chi connectivity index (χ1v) is 6.61. The molecular weight excluding hydrogens is 272 g/mol. The predicted octanol–water partition coefficient (Wildman–Crippen LogP) is 0.327. The summed E-state index contributed by atoms with van der Waals surface area (Å²) in [4.78, 5) is 36.3. The summed E-state index contributed by atoms with van der Waals surface area (Å²) in [6.45, 7) is 0.0942. The lowest BCUT2D eigenvalue weighted by atomic mass is 10.1. The van der Waals surface area contributed by atoms with Crippen molar-refractivity contribution in [1.82, 2.24) is 9.80 Å². The van der Waals surface area contributed by atoms with Crippen molar-refractivity contribution in [3.8, 4) is 0 Å². The topological polar surface area (TPSA) is 87.2 Å². The summed E-state index contributed by atoms with van der Waals surface area (Å²) in [5, 5.41) is 8.67. The van der Waals surface area contributed by atoms with Crippen LogP contribution in [0.1, 0.15) is 6.42 Å². The molecule has 1 N–H and O–H groups in total. The first-order valence-electron chi connectivity index (χ1n) is 5.67. The highest BCUT2D eigenvalue weighted by Gasteiger charge is 2.45. The van der Waals surface area contributed by atoms with Crippen molar-refractivity contribution in [2.75, 3.05) is 20.7 Å². The van der Waals surface area contributed by atoms with Crippen molar-refractivity contribution in [2.45, 2.75) is 17.0 Å². The number of carboxylic acid groups (broad SMARTS) is 1. The molecule has 2 heterocycles. The number of thioether (sulfide) groups is 1. The molecule has 0 radical (unpaired) electrons. The normalized spacial score (nSPS) is 25.1. The van der Waals surface area contributed by atoms with Gasteiger partial charge in [-0.15, -0.1) is 11.8 Å². The van der Waals surface area contributed by atoms with Crippen molar-refractivity contribution in [3.63, 3.8) is 0 Å². The monoisotopic (exact) mass is 286 g/mol. The molecule has 0 aromatic carbocycles. The van der Waals surface area contributed by atoms with Crippen LogP contribution < -0.4 is 0 Å². The van der Waals surface area contributed by atoms with E-state index in [2.05, 4.69) is 0 Å². The average Bonchev–Trinajstić information content (AvgIpc) is 2.33. The average molecular weight is 286 g/mol. The second-order valence-electron chi connectivity index (χ2n) is 4.43. The van der Waals surface area contributed by atoms with Gasteiger partial charge in [0, 0.05) is 14.1 Å². The van der Waals surface area contributed by atoms with Crippen LogP contribution in [-0.2, 0) is 14.3 Å². The maximum absolute atomic E-state index is 11.4. The summed E-state index contributed by atoms with van der Waals surface area (Å²) < 4.78 is 5.03.